The average Bonchev–Trinajstić information content (AvgIpc) is 2.51. The van der Waals surface area contributed by atoms with Crippen molar-refractivity contribution in [1.29, 1.82) is 0 Å². The number of nitrogens with zero attached hydrogens (tertiary/aromatic N) is 1. The van der Waals surface area contributed by atoms with Crippen LogP contribution < -0.4 is 10.0 Å². The van der Waals surface area contributed by atoms with Crippen molar-refractivity contribution >= 4 is 33.9 Å². The summed E-state index contributed by atoms with van der Waals surface area (Å²) >= 11 is 0. The fourth-order valence-corrected chi connectivity index (χ4v) is 2.55. The summed E-state index contributed by atoms with van der Waals surface area (Å²) in [5, 5.41) is 0. The van der Waals surface area contributed by atoms with Gasteiger partial charge >= 0.3 is 5.97 Å². The minimum Gasteiger partial charge on any atom is -0.465 e. The van der Waals surface area contributed by atoms with Gasteiger partial charge in [-0.05, 0) is 30.3 Å². The highest BCUT2D eigenvalue weighted by Gasteiger charge is 2.22. The predicted octanol–water partition coefficient (Wildman–Crippen LogP) is 2.00. The standard InChI is InChI=1S/C14H12F2N2O4S/c1-22-14(19)10-6-12(16)13(7-11(10)15)18(23(20)21)9-4-2-8(17)3-5-9/h2-7,23H,17H2,1H3. The highest BCUT2D eigenvalue weighted by atomic mass is 32.2. The number of nitrogens with two attached hydrogens (primary N) is 1. The van der Waals surface area contributed by atoms with Crippen LogP contribution in [0.1, 0.15) is 10.4 Å². The first kappa shape index (κ1) is 16.7. The Morgan fingerprint density at radius 3 is 2.26 bits per heavy atom. The van der Waals surface area contributed by atoms with Crippen LogP contribution in [0.4, 0.5) is 25.8 Å². The van der Waals surface area contributed by atoms with Crippen LogP contribution >= 0.6 is 0 Å². The van der Waals surface area contributed by atoms with Crippen molar-refractivity contribution in [3.63, 3.8) is 0 Å². The quantitative estimate of drug-likeness (QED) is 0.504. The van der Waals surface area contributed by atoms with E-state index in [4.69, 9.17) is 5.73 Å². The molecule has 23 heavy (non-hydrogen) atoms. The lowest BCUT2D eigenvalue weighted by Gasteiger charge is -2.19. The second-order valence-corrected chi connectivity index (χ2v) is 5.29. The first-order valence-corrected chi connectivity index (χ1v) is 7.35. The van der Waals surface area contributed by atoms with Gasteiger partial charge in [0.15, 0.2) is 0 Å². The number of carbonyl (C=O) groups is 1. The van der Waals surface area contributed by atoms with Crippen LogP contribution in [0, 0.1) is 11.6 Å². The lowest BCUT2D eigenvalue weighted by Crippen LogP contribution is -2.17. The molecule has 0 heterocycles. The normalized spacial score (nSPS) is 10.6. The van der Waals surface area contributed by atoms with E-state index < -0.39 is 39.7 Å². The van der Waals surface area contributed by atoms with Crippen molar-refractivity contribution in [2.24, 2.45) is 0 Å². The number of methoxy groups -OCH3 is 1. The summed E-state index contributed by atoms with van der Waals surface area (Å²) in [5.74, 6) is -3.27. The monoisotopic (exact) mass is 342 g/mol. The first-order chi connectivity index (χ1) is 10.8. The Morgan fingerprint density at radius 2 is 1.74 bits per heavy atom. The number of hydrogen-bond acceptors (Lipinski definition) is 5. The second-order valence-electron chi connectivity index (χ2n) is 4.42. The van der Waals surface area contributed by atoms with Crippen LogP contribution in [0.3, 0.4) is 0 Å². The molecule has 0 radical (unpaired) electrons. The molecule has 0 amide bonds. The van der Waals surface area contributed by atoms with Crippen molar-refractivity contribution in [3.8, 4) is 0 Å². The number of benzene rings is 2. The summed E-state index contributed by atoms with van der Waals surface area (Å²) in [6.07, 6.45) is 0. The highest BCUT2D eigenvalue weighted by Crippen LogP contribution is 2.30. The maximum Gasteiger partial charge on any atom is 0.340 e. The molecule has 0 bridgehead atoms. The number of halogens is 2. The SMILES string of the molecule is COC(=O)c1cc(F)c(N(c2ccc(N)cc2)[SH](=O)=O)cc1F. The fourth-order valence-electron chi connectivity index (χ4n) is 1.90. The third-order valence-electron chi connectivity index (χ3n) is 2.97. The van der Waals surface area contributed by atoms with Crippen LogP contribution in [0.5, 0.6) is 0 Å². The number of rotatable bonds is 4. The number of ether oxygens (including phenoxy) is 1. The molecule has 2 rings (SSSR count). The molecular formula is C14H12F2N2O4S. The Hall–Kier alpha value is -2.68. The van der Waals surface area contributed by atoms with Crippen LogP contribution in [-0.2, 0) is 15.6 Å². The van der Waals surface area contributed by atoms with Crippen molar-refractivity contribution in [2.45, 2.75) is 0 Å². The Bertz CT molecular complexity index is 814. The molecule has 0 aliphatic carbocycles. The van der Waals surface area contributed by atoms with E-state index in [1.54, 1.807) is 0 Å². The third kappa shape index (κ3) is 3.39. The minimum atomic E-state index is -3.31. The van der Waals surface area contributed by atoms with Gasteiger partial charge in [0.1, 0.15) is 11.6 Å². The van der Waals surface area contributed by atoms with Crippen molar-refractivity contribution < 1.29 is 26.7 Å². The van der Waals surface area contributed by atoms with Crippen LogP contribution in [-0.4, -0.2) is 21.5 Å². The van der Waals surface area contributed by atoms with Crippen LogP contribution in [0.2, 0.25) is 0 Å². The van der Waals surface area contributed by atoms with Crippen molar-refractivity contribution in [3.05, 3.63) is 53.6 Å². The predicted molar refractivity (Wildman–Crippen MR) is 81.0 cm³/mol. The lowest BCUT2D eigenvalue weighted by atomic mass is 10.1. The summed E-state index contributed by atoms with van der Waals surface area (Å²) in [5.41, 5.74) is 4.76. The van der Waals surface area contributed by atoms with Gasteiger partial charge in [0.2, 0.25) is 10.9 Å². The van der Waals surface area contributed by atoms with E-state index in [9.17, 15) is 22.0 Å². The van der Waals surface area contributed by atoms with Crippen LogP contribution in [0.15, 0.2) is 36.4 Å². The molecule has 0 aliphatic rings. The number of esters is 1. The maximum absolute atomic E-state index is 14.2. The molecule has 9 heteroatoms. The molecule has 0 spiro atoms. The molecule has 0 aliphatic heterocycles. The van der Waals surface area contributed by atoms with Gasteiger partial charge < -0.3 is 10.5 Å². The molecular weight excluding hydrogens is 330 g/mol. The minimum absolute atomic E-state index is 0.0689. The van der Waals surface area contributed by atoms with Gasteiger partial charge in [0.05, 0.1) is 24.0 Å². The Labute approximate surface area is 132 Å². The molecule has 0 saturated heterocycles. The van der Waals surface area contributed by atoms with E-state index >= 15 is 0 Å². The third-order valence-corrected chi connectivity index (χ3v) is 3.74. The lowest BCUT2D eigenvalue weighted by molar-refractivity contribution is 0.0595. The van der Waals surface area contributed by atoms with E-state index in [0.717, 1.165) is 7.11 Å². The Morgan fingerprint density at radius 1 is 1.13 bits per heavy atom. The van der Waals surface area contributed by atoms with Crippen molar-refractivity contribution in [2.75, 3.05) is 17.1 Å². The van der Waals surface area contributed by atoms with Gasteiger partial charge in [0.25, 0.3) is 0 Å². The van der Waals surface area contributed by atoms with Gasteiger partial charge in [-0.25, -0.2) is 26.3 Å². The average molecular weight is 342 g/mol. The molecule has 0 aromatic heterocycles. The zero-order chi connectivity index (χ0) is 17.1. The molecule has 0 saturated carbocycles. The summed E-state index contributed by atoms with van der Waals surface area (Å²) in [6.45, 7) is 0. The topological polar surface area (TPSA) is 89.7 Å². The van der Waals surface area contributed by atoms with Crippen molar-refractivity contribution in [1.82, 2.24) is 0 Å². The number of carbonyl (C=O) groups excluding carboxylic acids is 1. The molecule has 2 aromatic carbocycles. The number of anilines is 3. The van der Waals surface area contributed by atoms with Gasteiger partial charge in [-0.1, -0.05) is 0 Å². The van der Waals surface area contributed by atoms with E-state index in [1.807, 2.05) is 0 Å². The van der Waals surface area contributed by atoms with E-state index in [2.05, 4.69) is 4.74 Å². The van der Waals surface area contributed by atoms with E-state index in [-0.39, 0.29) is 5.69 Å². The maximum atomic E-state index is 14.2. The number of hydrogen-bond donors (Lipinski definition) is 2. The van der Waals surface area contributed by atoms with Gasteiger partial charge in [-0.3, -0.25) is 0 Å². The largest absolute Gasteiger partial charge is 0.465 e. The number of thiol groups is 1. The summed E-state index contributed by atoms with van der Waals surface area (Å²) in [7, 11) is -2.30. The summed E-state index contributed by atoms with van der Waals surface area (Å²) < 4.78 is 56.0. The van der Waals surface area contributed by atoms with E-state index in [0.29, 0.717) is 22.1 Å². The molecule has 2 aromatic rings. The van der Waals surface area contributed by atoms with Gasteiger partial charge in [-0.15, -0.1) is 0 Å². The highest BCUT2D eigenvalue weighted by molar-refractivity contribution is 7.74. The Balaban J connectivity index is 2.59. The molecule has 6 nitrogen and oxygen atoms in total. The van der Waals surface area contributed by atoms with Gasteiger partial charge in [0, 0.05) is 11.8 Å². The summed E-state index contributed by atoms with van der Waals surface area (Å²) in [6, 6.07) is 6.71. The first-order valence-electron chi connectivity index (χ1n) is 6.22. The summed E-state index contributed by atoms with van der Waals surface area (Å²) in [4.78, 5) is 11.3. The smallest absolute Gasteiger partial charge is 0.340 e. The second kappa shape index (κ2) is 6.61. The number of nitrogen functional groups attached to an aromatic ring is 1. The molecule has 0 unspecified atom stereocenters. The zero-order valence-electron chi connectivity index (χ0n) is 11.8. The van der Waals surface area contributed by atoms with Gasteiger partial charge in [-0.2, -0.15) is 0 Å². The van der Waals surface area contributed by atoms with Crippen LogP contribution in [0.25, 0.3) is 0 Å². The molecule has 0 atom stereocenters. The molecule has 2 N–H and O–H groups in total. The molecule has 122 valence electrons. The van der Waals surface area contributed by atoms with E-state index in [1.165, 1.54) is 24.3 Å². The Kier molecular flexibility index (Phi) is 4.80. The fraction of sp³-hybridized carbons (Fsp3) is 0.0714. The zero-order valence-corrected chi connectivity index (χ0v) is 12.7. The molecule has 0 fully saturated rings.